The van der Waals surface area contributed by atoms with Crippen molar-refractivity contribution < 1.29 is 4.79 Å². The van der Waals surface area contributed by atoms with E-state index in [-0.39, 0.29) is 16.9 Å². The Labute approximate surface area is 163 Å². The average molecular weight is 381 g/mol. The molecule has 3 rings (SSSR count). The van der Waals surface area contributed by atoms with Gasteiger partial charge in [-0.05, 0) is 43.2 Å². The van der Waals surface area contributed by atoms with Crippen LogP contribution in [0.3, 0.4) is 0 Å². The second kappa shape index (κ2) is 8.23. The van der Waals surface area contributed by atoms with E-state index in [0.717, 1.165) is 17.0 Å². The molecule has 0 spiro atoms. The third kappa shape index (κ3) is 4.29. The largest absolute Gasteiger partial charge is 0.343 e. The van der Waals surface area contributed by atoms with Crippen molar-refractivity contribution in [2.75, 3.05) is 5.32 Å². The van der Waals surface area contributed by atoms with E-state index in [1.165, 1.54) is 6.07 Å². The molecule has 0 saturated carbocycles. The van der Waals surface area contributed by atoms with Gasteiger partial charge in [-0.2, -0.15) is 0 Å². The van der Waals surface area contributed by atoms with Crippen molar-refractivity contribution in [3.8, 4) is 0 Å². The minimum Gasteiger partial charge on any atom is -0.343 e. The lowest BCUT2D eigenvalue weighted by Crippen LogP contribution is -2.28. The fourth-order valence-corrected chi connectivity index (χ4v) is 3.27. The average Bonchev–Trinajstić information content (AvgIpc) is 2.65. The SMILES string of the molecule is CCc1c(C(=O)Nc2ccccc2)c(=O)cc(C)n1Cc1ccc(Cl)cc1. The number of para-hydroxylation sites is 1. The number of hydrogen-bond donors (Lipinski definition) is 1. The number of carbonyl (C=O) groups is 1. The highest BCUT2D eigenvalue weighted by molar-refractivity contribution is 6.30. The van der Waals surface area contributed by atoms with Gasteiger partial charge >= 0.3 is 0 Å². The van der Waals surface area contributed by atoms with Crippen molar-refractivity contribution in [2.24, 2.45) is 0 Å². The van der Waals surface area contributed by atoms with Gasteiger partial charge in [-0.3, -0.25) is 9.59 Å². The second-order valence-electron chi connectivity index (χ2n) is 6.36. The van der Waals surface area contributed by atoms with Crippen LogP contribution >= 0.6 is 11.6 Å². The van der Waals surface area contributed by atoms with Crippen LogP contribution in [0.4, 0.5) is 5.69 Å². The Morgan fingerprint density at radius 3 is 2.37 bits per heavy atom. The summed E-state index contributed by atoms with van der Waals surface area (Å²) < 4.78 is 2.02. The van der Waals surface area contributed by atoms with Crippen LogP contribution in [0, 0.1) is 6.92 Å². The molecule has 0 aliphatic carbocycles. The highest BCUT2D eigenvalue weighted by Gasteiger charge is 2.19. The highest BCUT2D eigenvalue weighted by Crippen LogP contribution is 2.17. The van der Waals surface area contributed by atoms with E-state index in [9.17, 15) is 9.59 Å². The van der Waals surface area contributed by atoms with Crippen LogP contribution in [0.1, 0.15) is 34.2 Å². The number of benzene rings is 2. The predicted octanol–water partition coefficient (Wildman–Crippen LogP) is 4.67. The Kier molecular flexibility index (Phi) is 5.77. The maximum absolute atomic E-state index is 12.8. The first-order valence-electron chi connectivity index (χ1n) is 8.83. The molecule has 0 unspecified atom stereocenters. The number of carbonyl (C=O) groups excluding carboxylic acids is 1. The first-order valence-corrected chi connectivity index (χ1v) is 9.21. The lowest BCUT2D eigenvalue weighted by atomic mass is 10.1. The fourth-order valence-electron chi connectivity index (χ4n) is 3.15. The van der Waals surface area contributed by atoms with Crippen LogP contribution in [-0.2, 0) is 13.0 Å². The number of halogens is 1. The van der Waals surface area contributed by atoms with Crippen LogP contribution in [0.5, 0.6) is 0 Å². The van der Waals surface area contributed by atoms with Crippen molar-refractivity contribution in [1.29, 1.82) is 0 Å². The lowest BCUT2D eigenvalue weighted by molar-refractivity contribution is 0.102. The molecule has 2 aromatic carbocycles. The van der Waals surface area contributed by atoms with Gasteiger partial charge in [0.25, 0.3) is 5.91 Å². The Bertz CT molecular complexity index is 1010. The van der Waals surface area contributed by atoms with Crippen molar-refractivity contribution in [2.45, 2.75) is 26.8 Å². The first-order chi connectivity index (χ1) is 13.0. The summed E-state index contributed by atoms with van der Waals surface area (Å²) in [6.07, 6.45) is 0.571. The van der Waals surface area contributed by atoms with Crippen LogP contribution in [0.25, 0.3) is 0 Å². The molecule has 0 saturated heterocycles. The quantitative estimate of drug-likeness (QED) is 0.699. The molecule has 5 heteroatoms. The topological polar surface area (TPSA) is 51.1 Å². The first kappa shape index (κ1) is 18.9. The lowest BCUT2D eigenvalue weighted by Gasteiger charge is -2.19. The standard InChI is InChI=1S/C22H21ClN2O2/c1-3-19-21(22(27)24-18-7-5-4-6-8-18)20(26)13-15(2)25(19)14-16-9-11-17(23)12-10-16/h4-13H,3,14H2,1-2H3,(H,24,27). The Morgan fingerprint density at radius 1 is 1.07 bits per heavy atom. The minimum absolute atomic E-state index is 0.195. The zero-order valence-electron chi connectivity index (χ0n) is 15.3. The molecule has 0 atom stereocenters. The molecule has 1 heterocycles. The van der Waals surface area contributed by atoms with Crippen molar-refractivity contribution in [1.82, 2.24) is 4.57 Å². The molecule has 1 N–H and O–H groups in total. The summed E-state index contributed by atoms with van der Waals surface area (Å²) in [5.41, 5.74) is 3.20. The number of pyridine rings is 1. The number of aromatic nitrogens is 1. The van der Waals surface area contributed by atoms with Crippen LogP contribution in [0.15, 0.2) is 65.5 Å². The molecule has 138 valence electrons. The van der Waals surface area contributed by atoms with Crippen molar-refractivity contribution in [3.63, 3.8) is 0 Å². The summed E-state index contributed by atoms with van der Waals surface area (Å²) in [5.74, 6) is -0.382. The third-order valence-electron chi connectivity index (χ3n) is 4.47. The van der Waals surface area contributed by atoms with Gasteiger partial charge in [-0.25, -0.2) is 0 Å². The summed E-state index contributed by atoms with van der Waals surface area (Å²) in [4.78, 5) is 25.4. The zero-order chi connectivity index (χ0) is 19.4. The van der Waals surface area contributed by atoms with E-state index in [1.807, 2.05) is 60.9 Å². The third-order valence-corrected chi connectivity index (χ3v) is 4.73. The number of rotatable bonds is 5. The van der Waals surface area contributed by atoms with Crippen LogP contribution < -0.4 is 10.7 Å². The van der Waals surface area contributed by atoms with E-state index in [4.69, 9.17) is 11.6 Å². The number of aryl methyl sites for hydroxylation is 1. The van der Waals surface area contributed by atoms with E-state index < -0.39 is 0 Å². The smallest absolute Gasteiger partial charge is 0.261 e. The molecule has 1 amide bonds. The van der Waals surface area contributed by atoms with E-state index in [1.54, 1.807) is 12.1 Å². The van der Waals surface area contributed by atoms with Gasteiger partial charge < -0.3 is 9.88 Å². The molecule has 0 radical (unpaired) electrons. The number of anilines is 1. The zero-order valence-corrected chi connectivity index (χ0v) is 16.1. The van der Waals surface area contributed by atoms with Crippen molar-refractivity contribution in [3.05, 3.63) is 98.4 Å². The molecule has 4 nitrogen and oxygen atoms in total. The molecular weight excluding hydrogens is 360 g/mol. The monoisotopic (exact) mass is 380 g/mol. The summed E-state index contributed by atoms with van der Waals surface area (Å²) in [6, 6.07) is 18.2. The maximum Gasteiger partial charge on any atom is 0.261 e. The fraction of sp³-hybridized carbons (Fsp3) is 0.182. The van der Waals surface area contributed by atoms with Gasteiger partial charge in [-0.1, -0.05) is 48.9 Å². The highest BCUT2D eigenvalue weighted by atomic mass is 35.5. The molecule has 1 aromatic heterocycles. The minimum atomic E-state index is -0.382. The number of hydrogen-bond acceptors (Lipinski definition) is 2. The maximum atomic E-state index is 12.8. The van der Waals surface area contributed by atoms with E-state index in [0.29, 0.717) is 23.7 Å². The summed E-state index contributed by atoms with van der Waals surface area (Å²) in [6.45, 7) is 4.40. The van der Waals surface area contributed by atoms with Crippen LogP contribution in [-0.4, -0.2) is 10.5 Å². The molecule has 27 heavy (non-hydrogen) atoms. The number of nitrogens with zero attached hydrogens (tertiary/aromatic N) is 1. The number of amides is 1. The second-order valence-corrected chi connectivity index (χ2v) is 6.79. The van der Waals surface area contributed by atoms with Gasteiger partial charge in [-0.15, -0.1) is 0 Å². The Hall–Kier alpha value is -2.85. The predicted molar refractivity (Wildman–Crippen MR) is 110 cm³/mol. The molecular formula is C22H21ClN2O2. The summed E-state index contributed by atoms with van der Waals surface area (Å²) in [5, 5.41) is 3.50. The summed E-state index contributed by atoms with van der Waals surface area (Å²) in [7, 11) is 0. The summed E-state index contributed by atoms with van der Waals surface area (Å²) >= 11 is 5.97. The van der Waals surface area contributed by atoms with E-state index in [2.05, 4.69) is 5.32 Å². The van der Waals surface area contributed by atoms with Gasteiger partial charge in [0.15, 0.2) is 5.43 Å². The Morgan fingerprint density at radius 2 is 1.74 bits per heavy atom. The normalized spacial score (nSPS) is 10.6. The molecule has 0 fully saturated rings. The van der Waals surface area contributed by atoms with Gasteiger partial charge in [0.1, 0.15) is 5.56 Å². The van der Waals surface area contributed by atoms with Crippen molar-refractivity contribution >= 4 is 23.2 Å². The molecule has 0 aliphatic rings. The van der Waals surface area contributed by atoms with Gasteiger partial charge in [0.05, 0.1) is 0 Å². The van der Waals surface area contributed by atoms with E-state index >= 15 is 0 Å². The van der Waals surface area contributed by atoms with Gasteiger partial charge in [0, 0.05) is 34.7 Å². The molecule has 0 aliphatic heterocycles. The van der Waals surface area contributed by atoms with Crippen LogP contribution in [0.2, 0.25) is 5.02 Å². The number of nitrogens with one attached hydrogen (secondary N) is 1. The molecule has 3 aromatic rings. The van der Waals surface area contributed by atoms with Gasteiger partial charge in [0.2, 0.25) is 0 Å². The Balaban J connectivity index is 2.02. The molecule has 0 bridgehead atoms.